The molecule has 0 spiro atoms. The fraction of sp³-hybridized carbons (Fsp3) is 0.100. The maximum absolute atomic E-state index is 11.8. The van der Waals surface area contributed by atoms with Gasteiger partial charge in [-0.2, -0.15) is 5.26 Å². The van der Waals surface area contributed by atoms with Gasteiger partial charge in [0.25, 0.3) is 0 Å². The van der Waals surface area contributed by atoms with Crippen molar-refractivity contribution in [3.8, 4) is 11.8 Å². The van der Waals surface area contributed by atoms with E-state index in [4.69, 9.17) is 15.7 Å². The van der Waals surface area contributed by atoms with E-state index in [-0.39, 0.29) is 12.6 Å². The Morgan fingerprint density at radius 2 is 2.15 bits per heavy atom. The first-order valence-electron chi connectivity index (χ1n) is 8.02. The molecular formula is C20H18N4O2. The molecule has 0 unspecified atom stereocenters. The second kappa shape index (κ2) is 7.45. The first kappa shape index (κ1) is 17.1. The zero-order valence-corrected chi connectivity index (χ0v) is 14.3. The van der Waals surface area contributed by atoms with E-state index >= 15 is 0 Å². The van der Waals surface area contributed by atoms with Gasteiger partial charge in [-0.15, -0.1) is 0 Å². The molecule has 3 rings (SSSR count). The summed E-state index contributed by atoms with van der Waals surface area (Å²) < 4.78 is 7.70. The molecule has 1 amide bonds. The quantitative estimate of drug-likeness (QED) is 0.693. The maximum Gasteiger partial charge on any atom is 0.250 e. The van der Waals surface area contributed by atoms with Crippen molar-refractivity contribution in [1.29, 1.82) is 5.26 Å². The summed E-state index contributed by atoms with van der Waals surface area (Å²) in [5.74, 6) is 0.353. The van der Waals surface area contributed by atoms with E-state index in [1.165, 1.54) is 6.08 Å². The Balaban J connectivity index is 1.78. The van der Waals surface area contributed by atoms with Crippen molar-refractivity contribution < 1.29 is 9.53 Å². The van der Waals surface area contributed by atoms with Crippen molar-refractivity contribution in [3.63, 3.8) is 0 Å². The molecule has 0 saturated heterocycles. The third-order valence-electron chi connectivity index (χ3n) is 3.73. The van der Waals surface area contributed by atoms with Crippen LogP contribution in [0.2, 0.25) is 0 Å². The van der Waals surface area contributed by atoms with Gasteiger partial charge >= 0.3 is 0 Å². The number of fused-ring (bicyclic) bond motifs is 1. The van der Waals surface area contributed by atoms with Crippen LogP contribution in [0.25, 0.3) is 10.9 Å². The number of ether oxygens (including phenoxy) is 1. The molecule has 0 aliphatic carbocycles. The molecule has 0 aliphatic rings. The van der Waals surface area contributed by atoms with Crippen LogP contribution in [0.1, 0.15) is 12.5 Å². The smallest absolute Gasteiger partial charge is 0.250 e. The predicted octanol–water partition coefficient (Wildman–Crippen LogP) is 3.35. The second-order valence-electron chi connectivity index (χ2n) is 5.85. The van der Waals surface area contributed by atoms with Crippen LogP contribution >= 0.6 is 0 Å². The van der Waals surface area contributed by atoms with E-state index in [2.05, 4.69) is 11.4 Å². The summed E-state index contributed by atoms with van der Waals surface area (Å²) in [4.78, 5) is 11.8. The molecule has 3 N–H and O–H groups in total. The molecule has 0 fully saturated rings. The Labute approximate surface area is 151 Å². The molecule has 1 aromatic heterocycles. The highest BCUT2D eigenvalue weighted by Crippen LogP contribution is 2.21. The van der Waals surface area contributed by atoms with E-state index in [9.17, 15) is 4.79 Å². The van der Waals surface area contributed by atoms with Gasteiger partial charge in [0.15, 0.2) is 6.73 Å². The second-order valence-corrected chi connectivity index (χ2v) is 5.85. The highest BCUT2D eigenvalue weighted by molar-refractivity contribution is 6.00. The van der Waals surface area contributed by atoms with Gasteiger partial charge in [0.05, 0.1) is 17.1 Å². The number of allylic oxidation sites excluding steroid dienone is 1. The molecule has 130 valence electrons. The number of aromatic nitrogens is 1. The van der Waals surface area contributed by atoms with Gasteiger partial charge in [-0.05, 0) is 48.7 Å². The fourth-order valence-corrected chi connectivity index (χ4v) is 2.56. The van der Waals surface area contributed by atoms with E-state index < -0.39 is 0 Å². The molecule has 0 bridgehead atoms. The Bertz CT molecular complexity index is 1020. The summed E-state index contributed by atoms with van der Waals surface area (Å²) in [5.41, 5.74) is 8.11. The standard InChI is InChI=1S/C20H18N4O2/c1-14(22)9-20(25)23-17-6-5-16-7-8-24(19(16)11-17)13-26-18-4-2-3-15(10-18)12-21/h2-11H,13,22H2,1H3,(H,23,25)/b14-9-. The van der Waals surface area contributed by atoms with Crippen LogP contribution in [0, 0.1) is 11.3 Å². The van der Waals surface area contributed by atoms with E-state index in [1.54, 1.807) is 31.2 Å². The van der Waals surface area contributed by atoms with Crippen LogP contribution in [0.4, 0.5) is 5.69 Å². The van der Waals surface area contributed by atoms with Crippen molar-refractivity contribution in [2.75, 3.05) is 5.32 Å². The van der Waals surface area contributed by atoms with Gasteiger partial charge in [0.1, 0.15) is 5.75 Å². The van der Waals surface area contributed by atoms with E-state index in [1.807, 2.05) is 35.0 Å². The van der Waals surface area contributed by atoms with Crippen LogP contribution in [-0.2, 0) is 11.5 Å². The minimum atomic E-state index is -0.271. The zero-order chi connectivity index (χ0) is 18.5. The highest BCUT2D eigenvalue weighted by atomic mass is 16.5. The number of carbonyl (C=O) groups excluding carboxylic acids is 1. The van der Waals surface area contributed by atoms with Gasteiger partial charge in [-0.1, -0.05) is 12.1 Å². The number of benzene rings is 2. The zero-order valence-electron chi connectivity index (χ0n) is 14.3. The monoisotopic (exact) mass is 346 g/mol. The maximum atomic E-state index is 11.8. The molecule has 1 heterocycles. The van der Waals surface area contributed by atoms with Crippen LogP contribution in [0.15, 0.2) is 66.5 Å². The van der Waals surface area contributed by atoms with Crippen molar-refractivity contribution in [2.24, 2.45) is 5.73 Å². The number of nitriles is 1. The Kier molecular flexibility index (Phi) is 4.90. The first-order chi connectivity index (χ1) is 12.5. The van der Waals surface area contributed by atoms with Crippen LogP contribution in [0.3, 0.4) is 0 Å². The number of rotatable bonds is 5. The lowest BCUT2D eigenvalue weighted by atomic mass is 10.2. The average Bonchev–Trinajstić information content (AvgIpc) is 3.01. The third-order valence-corrected chi connectivity index (χ3v) is 3.73. The Morgan fingerprint density at radius 3 is 2.92 bits per heavy atom. The minimum Gasteiger partial charge on any atom is -0.473 e. The van der Waals surface area contributed by atoms with Crippen LogP contribution < -0.4 is 15.8 Å². The molecule has 26 heavy (non-hydrogen) atoms. The van der Waals surface area contributed by atoms with Gasteiger partial charge in [-0.3, -0.25) is 4.79 Å². The lowest BCUT2D eigenvalue weighted by Gasteiger charge is -2.10. The summed E-state index contributed by atoms with van der Waals surface area (Å²) in [6.45, 7) is 1.95. The van der Waals surface area contributed by atoms with Gasteiger partial charge in [0, 0.05) is 23.7 Å². The molecule has 0 saturated carbocycles. The summed E-state index contributed by atoms with van der Waals surface area (Å²) in [6.07, 6.45) is 3.25. The number of hydrogen-bond donors (Lipinski definition) is 2. The molecule has 0 aliphatic heterocycles. The Morgan fingerprint density at radius 1 is 1.31 bits per heavy atom. The number of hydrogen-bond acceptors (Lipinski definition) is 4. The fourth-order valence-electron chi connectivity index (χ4n) is 2.56. The minimum absolute atomic E-state index is 0.271. The summed E-state index contributed by atoms with van der Waals surface area (Å²) in [7, 11) is 0. The van der Waals surface area contributed by atoms with Crippen molar-refractivity contribution in [1.82, 2.24) is 4.57 Å². The molecule has 6 nitrogen and oxygen atoms in total. The molecule has 6 heteroatoms. The van der Waals surface area contributed by atoms with Crippen molar-refractivity contribution >= 4 is 22.5 Å². The number of nitrogens with one attached hydrogen (secondary N) is 1. The normalized spacial score (nSPS) is 11.2. The summed E-state index contributed by atoms with van der Waals surface area (Å²) >= 11 is 0. The number of anilines is 1. The highest BCUT2D eigenvalue weighted by Gasteiger charge is 2.05. The topological polar surface area (TPSA) is 93.1 Å². The summed E-state index contributed by atoms with van der Waals surface area (Å²) in [6, 6.07) is 16.7. The largest absolute Gasteiger partial charge is 0.473 e. The average molecular weight is 346 g/mol. The van der Waals surface area contributed by atoms with E-state index in [0.717, 1.165) is 10.9 Å². The van der Waals surface area contributed by atoms with Gasteiger partial charge in [-0.25, -0.2) is 0 Å². The predicted molar refractivity (Wildman–Crippen MR) is 100 cm³/mol. The number of nitrogens with zero attached hydrogens (tertiary/aromatic N) is 2. The van der Waals surface area contributed by atoms with Crippen LogP contribution in [-0.4, -0.2) is 10.5 Å². The van der Waals surface area contributed by atoms with Gasteiger partial charge in [0.2, 0.25) is 5.91 Å². The van der Waals surface area contributed by atoms with Crippen molar-refractivity contribution in [2.45, 2.75) is 13.7 Å². The Hall–Kier alpha value is -3.72. The van der Waals surface area contributed by atoms with Crippen LogP contribution in [0.5, 0.6) is 5.75 Å². The lowest BCUT2D eigenvalue weighted by molar-refractivity contribution is -0.111. The molecular weight excluding hydrogens is 328 g/mol. The van der Waals surface area contributed by atoms with E-state index in [0.29, 0.717) is 22.7 Å². The number of amides is 1. The molecule has 0 radical (unpaired) electrons. The SMILES string of the molecule is C/C(N)=C/C(=O)Nc1ccc2ccn(COc3cccc(C#N)c3)c2c1. The summed E-state index contributed by atoms with van der Waals surface area (Å²) in [5, 5.41) is 12.8. The number of carbonyl (C=O) groups is 1. The molecule has 0 atom stereocenters. The first-order valence-corrected chi connectivity index (χ1v) is 8.02. The molecule has 3 aromatic rings. The lowest BCUT2D eigenvalue weighted by Crippen LogP contribution is -2.10. The van der Waals surface area contributed by atoms with Gasteiger partial charge < -0.3 is 20.4 Å². The van der Waals surface area contributed by atoms with Crippen molar-refractivity contribution in [3.05, 3.63) is 72.1 Å². The third kappa shape index (κ3) is 4.02. The number of nitrogens with two attached hydrogens (primary N) is 1. The molecule has 2 aromatic carbocycles.